The fourth-order valence-corrected chi connectivity index (χ4v) is 8.49. The van der Waals surface area contributed by atoms with Crippen molar-refractivity contribution in [3.8, 4) is 0 Å². The Balaban J connectivity index is 3.61. The number of aliphatic hydroxyl groups is 3. The van der Waals surface area contributed by atoms with Crippen LogP contribution in [0.3, 0.4) is 0 Å². The lowest BCUT2D eigenvalue weighted by Crippen LogP contribution is -2.50. The molecule has 3 atom stereocenters. The molecule has 360 valence electrons. The molecule has 0 aliphatic carbocycles. The zero-order valence-corrected chi connectivity index (χ0v) is 41.1. The quantitative estimate of drug-likeness (QED) is 0.0362. The van der Waals surface area contributed by atoms with Crippen molar-refractivity contribution in [1.29, 1.82) is 0 Å². The number of hydrogen-bond donors (Lipinski definition) is 4. The molecule has 4 N–H and O–H groups in total. The summed E-state index contributed by atoms with van der Waals surface area (Å²) in [5.74, 6) is -0.159. The third-order valence-corrected chi connectivity index (χ3v) is 12.7. The maximum atomic E-state index is 12.5. The maximum Gasteiger partial charge on any atom is 0.220 e. The second kappa shape index (κ2) is 51.2. The van der Waals surface area contributed by atoms with Crippen LogP contribution in [0.4, 0.5) is 0 Å². The van der Waals surface area contributed by atoms with Crippen LogP contribution in [0.15, 0.2) is 36.5 Å². The van der Waals surface area contributed by atoms with Crippen LogP contribution in [0.2, 0.25) is 0 Å². The monoisotopic (exact) mass is 858 g/mol. The third-order valence-electron chi connectivity index (χ3n) is 12.7. The second-order valence-electron chi connectivity index (χ2n) is 18.8. The number of rotatable bonds is 50. The van der Waals surface area contributed by atoms with Gasteiger partial charge in [0.1, 0.15) is 6.10 Å². The van der Waals surface area contributed by atoms with Gasteiger partial charge in [0, 0.05) is 6.42 Å². The highest BCUT2D eigenvalue weighted by atomic mass is 16.3. The highest BCUT2D eigenvalue weighted by Crippen LogP contribution is 2.17. The minimum absolute atomic E-state index is 0.159. The predicted octanol–water partition coefficient (Wildman–Crippen LogP) is 16.7. The number of carbonyl (C=O) groups is 1. The van der Waals surface area contributed by atoms with Crippen LogP contribution < -0.4 is 5.32 Å². The molecule has 0 aliphatic heterocycles. The molecule has 0 aromatic rings. The Morgan fingerprint density at radius 1 is 0.410 bits per heavy atom. The SMILES string of the molecule is CCCCCCCCCCC/C=C\C/C=C\CCCCCCCCCC(=O)NC(CO)C(O)C(O)CCC/C=C/CCCCCCCCCCCCCCCCCCCCC. The molecule has 0 radical (unpaired) electrons. The summed E-state index contributed by atoms with van der Waals surface area (Å²) >= 11 is 0. The van der Waals surface area contributed by atoms with Gasteiger partial charge in [-0.2, -0.15) is 0 Å². The Morgan fingerprint density at radius 2 is 0.705 bits per heavy atom. The van der Waals surface area contributed by atoms with E-state index in [0.717, 1.165) is 51.4 Å². The Morgan fingerprint density at radius 3 is 1.05 bits per heavy atom. The molecule has 61 heavy (non-hydrogen) atoms. The average Bonchev–Trinajstić information content (AvgIpc) is 3.26. The smallest absolute Gasteiger partial charge is 0.220 e. The molecule has 0 heterocycles. The summed E-state index contributed by atoms with van der Waals surface area (Å²) in [5, 5.41) is 33.7. The van der Waals surface area contributed by atoms with Crippen LogP contribution >= 0.6 is 0 Å². The van der Waals surface area contributed by atoms with Crippen LogP contribution in [-0.2, 0) is 4.79 Å². The van der Waals surface area contributed by atoms with Gasteiger partial charge in [0.15, 0.2) is 0 Å². The van der Waals surface area contributed by atoms with Crippen LogP contribution in [0.25, 0.3) is 0 Å². The van der Waals surface area contributed by atoms with E-state index >= 15 is 0 Å². The van der Waals surface area contributed by atoms with E-state index in [1.807, 2.05) is 0 Å². The molecule has 1 amide bonds. The van der Waals surface area contributed by atoms with Crippen molar-refractivity contribution in [2.45, 2.75) is 308 Å². The Labute approximate surface area is 381 Å². The van der Waals surface area contributed by atoms with Gasteiger partial charge in [0.05, 0.1) is 18.8 Å². The molecule has 0 bridgehead atoms. The summed E-state index contributed by atoms with van der Waals surface area (Å²) in [4.78, 5) is 12.5. The normalized spacial score (nSPS) is 13.6. The molecule has 3 unspecified atom stereocenters. The van der Waals surface area contributed by atoms with Gasteiger partial charge in [0.2, 0.25) is 5.91 Å². The first-order chi connectivity index (χ1) is 30.1. The van der Waals surface area contributed by atoms with Crippen molar-refractivity contribution in [2.24, 2.45) is 0 Å². The first-order valence-corrected chi connectivity index (χ1v) is 27.3. The van der Waals surface area contributed by atoms with Crippen molar-refractivity contribution >= 4 is 5.91 Å². The largest absolute Gasteiger partial charge is 0.394 e. The number of allylic oxidation sites excluding steroid dienone is 6. The fourth-order valence-electron chi connectivity index (χ4n) is 8.49. The van der Waals surface area contributed by atoms with E-state index in [1.54, 1.807) is 0 Å². The highest BCUT2D eigenvalue weighted by molar-refractivity contribution is 5.76. The molecular formula is C56H107NO4. The minimum Gasteiger partial charge on any atom is -0.394 e. The van der Waals surface area contributed by atoms with Crippen molar-refractivity contribution in [2.75, 3.05) is 6.61 Å². The van der Waals surface area contributed by atoms with E-state index in [2.05, 4.69) is 55.6 Å². The molecule has 5 heteroatoms. The minimum atomic E-state index is -1.16. The first kappa shape index (κ1) is 59.6. The van der Waals surface area contributed by atoms with E-state index in [-0.39, 0.29) is 12.5 Å². The summed E-state index contributed by atoms with van der Waals surface area (Å²) in [6, 6.07) is -0.831. The van der Waals surface area contributed by atoms with Crippen molar-refractivity contribution in [3.05, 3.63) is 36.5 Å². The van der Waals surface area contributed by atoms with Gasteiger partial charge >= 0.3 is 0 Å². The van der Waals surface area contributed by atoms with Crippen molar-refractivity contribution < 1.29 is 20.1 Å². The number of amides is 1. The topological polar surface area (TPSA) is 89.8 Å². The molecule has 0 aliphatic rings. The van der Waals surface area contributed by atoms with E-state index in [1.165, 1.54) is 212 Å². The standard InChI is InChI=1S/C56H107NO4/c1-3-5-7-9-11-13-15-17-19-21-23-25-27-29-30-32-34-36-38-40-42-44-46-48-50-54(59)56(61)53(52-58)57-55(60)51-49-47-45-43-41-39-37-35-33-31-28-26-24-22-20-18-16-14-12-10-8-6-4-2/h24,26,31,33,42,44,53-54,56,58-59,61H,3-23,25,27-30,32,34-41,43,45-52H2,1-2H3,(H,57,60)/b26-24-,33-31-,44-42+. The van der Waals surface area contributed by atoms with E-state index in [0.29, 0.717) is 12.8 Å². The molecule has 0 rings (SSSR count). The molecule has 0 saturated heterocycles. The highest BCUT2D eigenvalue weighted by Gasteiger charge is 2.26. The zero-order valence-electron chi connectivity index (χ0n) is 41.1. The predicted molar refractivity (Wildman–Crippen MR) is 268 cm³/mol. The van der Waals surface area contributed by atoms with E-state index in [4.69, 9.17) is 0 Å². The van der Waals surface area contributed by atoms with Crippen LogP contribution in [0.5, 0.6) is 0 Å². The van der Waals surface area contributed by atoms with E-state index in [9.17, 15) is 20.1 Å². The summed E-state index contributed by atoms with van der Waals surface area (Å²) in [6.45, 7) is 4.19. The van der Waals surface area contributed by atoms with Crippen molar-refractivity contribution in [3.63, 3.8) is 0 Å². The Hall–Kier alpha value is -1.43. The van der Waals surface area contributed by atoms with Gasteiger partial charge < -0.3 is 20.6 Å². The molecule has 0 aromatic carbocycles. The molecule has 0 aromatic heterocycles. The third kappa shape index (κ3) is 46.4. The van der Waals surface area contributed by atoms with Gasteiger partial charge in [-0.1, -0.05) is 249 Å². The Bertz CT molecular complexity index is 947. The van der Waals surface area contributed by atoms with Crippen LogP contribution in [-0.4, -0.2) is 46.1 Å². The maximum absolute atomic E-state index is 12.5. The zero-order chi connectivity index (χ0) is 44.4. The molecule has 0 fully saturated rings. The number of nitrogens with one attached hydrogen (secondary N) is 1. The number of hydrogen-bond acceptors (Lipinski definition) is 4. The Kier molecular flexibility index (Phi) is 50.0. The lowest BCUT2D eigenvalue weighted by molar-refractivity contribution is -0.124. The number of carbonyl (C=O) groups excluding carboxylic acids is 1. The van der Waals surface area contributed by atoms with E-state index < -0.39 is 18.2 Å². The number of aliphatic hydroxyl groups excluding tert-OH is 3. The summed E-state index contributed by atoms with van der Waals surface area (Å²) < 4.78 is 0. The average molecular weight is 858 g/mol. The van der Waals surface area contributed by atoms with Gasteiger partial charge in [-0.15, -0.1) is 0 Å². The fraction of sp³-hybridized carbons (Fsp3) is 0.875. The first-order valence-electron chi connectivity index (χ1n) is 27.3. The lowest BCUT2D eigenvalue weighted by atomic mass is 10.0. The number of unbranched alkanes of at least 4 members (excludes halogenated alkanes) is 36. The van der Waals surface area contributed by atoms with Crippen molar-refractivity contribution in [1.82, 2.24) is 5.32 Å². The van der Waals surface area contributed by atoms with Crippen LogP contribution in [0.1, 0.15) is 290 Å². The molecular weight excluding hydrogens is 751 g/mol. The lowest BCUT2D eigenvalue weighted by Gasteiger charge is -2.26. The molecule has 0 spiro atoms. The summed E-state index contributed by atoms with van der Waals surface area (Å²) in [6.07, 6.45) is 65.8. The molecule has 5 nitrogen and oxygen atoms in total. The van der Waals surface area contributed by atoms with Crippen LogP contribution in [0, 0.1) is 0 Å². The van der Waals surface area contributed by atoms with Gasteiger partial charge in [0.25, 0.3) is 0 Å². The van der Waals surface area contributed by atoms with Gasteiger partial charge in [-0.25, -0.2) is 0 Å². The summed E-state index contributed by atoms with van der Waals surface area (Å²) in [5.41, 5.74) is 0. The summed E-state index contributed by atoms with van der Waals surface area (Å²) in [7, 11) is 0. The van der Waals surface area contributed by atoms with Gasteiger partial charge in [-0.05, 0) is 70.6 Å². The second-order valence-corrected chi connectivity index (χ2v) is 18.8. The molecule has 0 saturated carbocycles. The van der Waals surface area contributed by atoms with Gasteiger partial charge in [-0.3, -0.25) is 4.79 Å².